The van der Waals surface area contributed by atoms with Gasteiger partial charge in [-0.15, -0.1) is 6.58 Å². The van der Waals surface area contributed by atoms with E-state index in [1.54, 1.807) is 39.0 Å². The highest BCUT2D eigenvalue weighted by Crippen LogP contribution is 2.30. The number of halogens is 1. The van der Waals surface area contributed by atoms with Gasteiger partial charge in [0.2, 0.25) is 5.91 Å². The summed E-state index contributed by atoms with van der Waals surface area (Å²) >= 11 is 6.38. The summed E-state index contributed by atoms with van der Waals surface area (Å²) in [7, 11) is 0. The number of nitrogens with one attached hydrogen (secondary N) is 2. The van der Waals surface area contributed by atoms with Gasteiger partial charge in [0.15, 0.2) is 0 Å². The van der Waals surface area contributed by atoms with E-state index in [2.05, 4.69) is 17.2 Å². The summed E-state index contributed by atoms with van der Waals surface area (Å²) in [6.07, 6.45) is 0.846. The maximum absolute atomic E-state index is 14.0. The summed E-state index contributed by atoms with van der Waals surface area (Å²) in [5.41, 5.74) is 2.16. The van der Waals surface area contributed by atoms with Crippen LogP contribution in [0.15, 0.2) is 55.1 Å². The molecule has 2 unspecified atom stereocenters. The van der Waals surface area contributed by atoms with E-state index in [9.17, 15) is 14.4 Å². The third-order valence-electron chi connectivity index (χ3n) is 5.64. The van der Waals surface area contributed by atoms with Crippen molar-refractivity contribution in [2.75, 3.05) is 11.9 Å². The molecule has 200 valence electrons. The fourth-order valence-electron chi connectivity index (χ4n) is 3.79. The summed E-state index contributed by atoms with van der Waals surface area (Å²) in [4.78, 5) is 41.8. The summed E-state index contributed by atoms with van der Waals surface area (Å²) in [6.45, 7) is 16.5. The Bertz CT molecular complexity index is 1100. The minimum Gasteiger partial charge on any atom is -0.444 e. The van der Waals surface area contributed by atoms with Crippen LogP contribution in [0.4, 0.5) is 10.5 Å². The third kappa shape index (κ3) is 8.35. The van der Waals surface area contributed by atoms with Gasteiger partial charge in [-0.3, -0.25) is 9.59 Å². The SMILES string of the molecule is C=CCN(C(=O)C(NC(=O)OC(C)(C)C)C(C)C)C(C(=O)Nc1c(C)cccc1Cl)c1ccc(C)cc1. The Hall–Kier alpha value is -3.32. The van der Waals surface area contributed by atoms with Crippen LogP contribution in [0, 0.1) is 19.8 Å². The van der Waals surface area contributed by atoms with Crippen LogP contribution in [0.25, 0.3) is 0 Å². The molecule has 8 heteroatoms. The Balaban J connectivity index is 2.52. The number of para-hydroxylation sites is 1. The van der Waals surface area contributed by atoms with Gasteiger partial charge in [0.1, 0.15) is 17.7 Å². The smallest absolute Gasteiger partial charge is 0.408 e. The second-order valence-electron chi connectivity index (χ2n) is 10.4. The van der Waals surface area contributed by atoms with Crippen molar-refractivity contribution in [1.29, 1.82) is 0 Å². The zero-order chi connectivity index (χ0) is 27.9. The molecule has 2 atom stereocenters. The standard InChI is InChI=1S/C29H38ClN3O4/c1-9-17-33(27(35)23(18(2)3)32-28(36)37-29(6,7)8)25(21-15-13-19(4)14-16-21)26(34)31-24-20(5)11-10-12-22(24)30/h9-16,18,23,25H,1,17H2,2-8H3,(H,31,34)(H,32,36). The Kier molecular flexibility index (Phi) is 10.3. The number of hydrogen-bond acceptors (Lipinski definition) is 4. The van der Waals surface area contributed by atoms with Crippen LogP contribution < -0.4 is 10.6 Å². The number of benzene rings is 2. The average molecular weight is 528 g/mol. The quantitative estimate of drug-likeness (QED) is 0.380. The van der Waals surface area contributed by atoms with E-state index >= 15 is 0 Å². The lowest BCUT2D eigenvalue weighted by Gasteiger charge is -2.35. The number of rotatable bonds is 9. The first kappa shape index (κ1) is 29.9. The summed E-state index contributed by atoms with van der Waals surface area (Å²) < 4.78 is 5.38. The molecule has 0 radical (unpaired) electrons. The van der Waals surface area contributed by atoms with Crippen LogP contribution in [-0.4, -0.2) is 41.0 Å². The average Bonchev–Trinajstić information content (AvgIpc) is 2.79. The molecule has 7 nitrogen and oxygen atoms in total. The first-order chi connectivity index (χ1) is 17.2. The second-order valence-corrected chi connectivity index (χ2v) is 10.8. The molecule has 0 aromatic heterocycles. The number of amides is 3. The molecule has 2 rings (SSSR count). The molecule has 2 N–H and O–H groups in total. The topological polar surface area (TPSA) is 87.7 Å². The molecule has 0 aliphatic carbocycles. The molecule has 0 bridgehead atoms. The van der Waals surface area contributed by atoms with E-state index in [0.29, 0.717) is 16.3 Å². The molecular formula is C29H38ClN3O4. The molecule has 0 saturated heterocycles. The van der Waals surface area contributed by atoms with Crippen LogP contribution in [-0.2, 0) is 14.3 Å². The highest BCUT2D eigenvalue weighted by molar-refractivity contribution is 6.34. The van der Waals surface area contributed by atoms with Gasteiger partial charge in [0, 0.05) is 6.54 Å². The Morgan fingerprint density at radius 1 is 1.08 bits per heavy atom. The second kappa shape index (κ2) is 12.8. The Labute approximate surface area is 225 Å². The molecule has 0 aliphatic heterocycles. The number of nitrogens with zero attached hydrogens (tertiary/aromatic N) is 1. The number of carbonyl (C=O) groups is 3. The predicted octanol–water partition coefficient (Wildman–Crippen LogP) is 6.20. The van der Waals surface area contributed by atoms with Gasteiger partial charge < -0.3 is 20.3 Å². The molecule has 0 aliphatic rings. The third-order valence-corrected chi connectivity index (χ3v) is 5.95. The van der Waals surface area contributed by atoms with Gasteiger partial charge >= 0.3 is 6.09 Å². The van der Waals surface area contributed by atoms with Crippen molar-refractivity contribution < 1.29 is 19.1 Å². The maximum Gasteiger partial charge on any atom is 0.408 e. The number of alkyl carbamates (subject to hydrolysis) is 1. The molecule has 2 aromatic carbocycles. The highest BCUT2D eigenvalue weighted by atomic mass is 35.5. The van der Waals surface area contributed by atoms with Crippen molar-refractivity contribution in [3.8, 4) is 0 Å². The van der Waals surface area contributed by atoms with Gasteiger partial charge in [0.05, 0.1) is 10.7 Å². The van der Waals surface area contributed by atoms with Crippen molar-refractivity contribution in [2.45, 2.75) is 66.2 Å². The minimum atomic E-state index is -1.01. The molecular weight excluding hydrogens is 490 g/mol. The van der Waals surface area contributed by atoms with Gasteiger partial charge in [-0.25, -0.2) is 4.79 Å². The zero-order valence-corrected chi connectivity index (χ0v) is 23.5. The Morgan fingerprint density at radius 3 is 2.22 bits per heavy atom. The van der Waals surface area contributed by atoms with Gasteiger partial charge in [0.25, 0.3) is 5.91 Å². The highest BCUT2D eigenvalue weighted by Gasteiger charge is 2.37. The first-order valence-electron chi connectivity index (χ1n) is 12.3. The fourth-order valence-corrected chi connectivity index (χ4v) is 4.06. The summed E-state index contributed by atoms with van der Waals surface area (Å²) in [5, 5.41) is 6.00. The molecule has 37 heavy (non-hydrogen) atoms. The van der Waals surface area contributed by atoms with Crippen molar-refractivity contribution >= 4 is 35.2 Å². The van der Waals surface area contributed by atoms with Gasteiger partial charge in [-0.1, -0.05) is 73.5 Å². The molecule has 0 fully saturated rings. The Morgan fingerprint density at radius 2 is 1.70 bits per heavy atom. The number of carbonyl (C=O) groups excluding carboxylic acids is 3. The molecule has 0 spiro atoms. The molecule has 3 amide bonds. The normalized spacial score (nSPS) is 12.9. The lowest BCUT2D eigenvalue weighted by atomic mass is 9.98. The van der Waals surface area contributed by atoms with Crippen molar-refractivity contribution in [3.63, 3.8) is 0 Å². The van der Waals surface area contributed by atoms with Crippen LogP contribution in [0.5, 0.6) is 0 Å². The largest absolute Gasteiger partial charge is 0.444 e. The monoisotopic (exact) mass is 527 g/mol. The number of hydrogen-bond donors (Lipinski definition) is 2. The van der Waals surface area contributed by atoms with Crippen molar-refractivity contribution in [1.82, 2.24) is 10.2 Å². The van der Waals surface area contributed by atoms with E-state index in [4.69, 9.17) is 16.3 Å². The molecule has 0 heterocycles. The van der Waals surface area contributed by atoms with E-state index < -0.39 is 35.6 Å². The number of aryl methyl sites for hydroxylation is 2. The fraction of sp³-hybridized carbons (Fsp3) is 0.414. The first-order valence-corrected chi connectivity index (χ1v) is 12.7. The van der Waals surface area contributed by atoms with Crippen molar-refractivity contribution in [3.05, 3.63) is 76.8 Å². The minimum absolute atomic E-state index is 0.0749. The van der Waals surface area contributed by atoms with E-state index in [-0.39, 0.29) is 12.5 Å². The van der Waals surface area contributed by atoms with Gasteiger partial charge in [-0.2, -0.15) is 0 Å². The summed E-state index contributed by atoms with van der Waals surface area (Å²) in [5.74, 6) is -1.15. The van der Waals surface area contributed by atoms with Crippen LogP contribution >= 0.6 is 11.6 Å². The van der Waals surface area contributed by atoms with Crippen molar-refractivity contribution in [2.24, 2.45) is 5.92 Å². The van der Waals surface area contributed by atoms with E-state index in [0.717, 1.165) is 11.1 Å². The number of ether oxygens (including phenoxy) is 1. The lowest BCUT2D eigenvalue weighted by Crippen LogP contribution is -2.54. The van der Waals surface area contributed by atoms with E-state index in [1.165, 1.54) is 4.90 Å². The number of anilines is 1. The maximum atomic E-state index is 14.0. The summed E-state index contributed by atoms with van der Waals surface area (Å²) in [6, 6.07) is 10.8. The lowest BCUT2D eigenvalue weighted by molar-refractivity contribution is -0.141. The van der Waals surface area contributed by atoms with Crippen LogP contribution in [0.2, 0.25) is 5.02 Å². The zero-order valence-electron chi connectivity index (χ0n) is 22.7. The molecule has 2 aromatic rings. The predicted molar refractivity (Wildman–Crippen MR) is 149 cm³/mol. The molecule has 0 saturated carbocycles. The van der Waals surface area contributed by atoms with Crippen LogP contribution in [0.3, 0.4) is 0 Å². The van der Waals surface area contributed by atoms with Gasteiger partial charge in [-0.05, 0) is 57.7 Å². The van der Waals surface area contributed by atoms with E-state index in [1.807, 2.05) is 58.0 Å². The van der Waals surface area contributed by atoms with Crippen LogP contribution in [0.1, 0.15) is 57.4 Å².